The molecule has 1 aliphatic rings. The molecule has 0 saturated carbocycles. The third-order valence-electron chi connectivity index (χ3n) is 1.91. The number of hydrogen-bond acceptors (Lipinski definition) is 3. The number of aromatic hydroxyl groups is 2. The Labute approximate surface area is 70.2 Å². The predicted octanol–water partition coefficient (Wildman–Crippen LogP) is 1.04. The summed E-state index contributed by atoms with van der Waals surface area (Å²) in [5.41, 5.74) is 0.993. The Bertz CT molecular complexity index is 292. The van der Waals surface area contributed by atoms with Gasteiger partial charge in [-0.3, -0.25) is 0 Å². The van der Waals surface area contributed by atoms with E-state index in [0.29, 0.717) is 6.10 Å². The van der Waals surface area contributed by atoms with E-state index >= 15 is 0 Å². The monoisotopic (exact) mass is 166 g/mol. The molecule has 0 spiro atoms. The maximum absolute atomic E-state index is 9.14. The molecule has 1 aliphatic heterocycles. The summed E-state index contributed by atoms with van der Waals surface area (Å²) in [6.45, 7) is 0.807. The van der Waals surface area contributed by atoms with Gasteiger partial charge in [0.05, 0.1) is 12.7 Å². The number of epoxide rings is 1. The first-order chi connectivity index (χ1) is 5.75. The fourth-order valence-electron chi connectivity index (χ4n) is 1.14. The lowest BCUT2D eigenvalue weighted by Gasteiger charge is -2.00. The van der Waals surface area contributed by atoms with Crippen LogP contribution in [-0.2, 0) is 11.2 Å². The number of hydrogen-bond donors (Lipinski definition) is 2. The minimum atomic E-state index is -0.0736. The Hall–Kier alpha value is -1.22. The molecule has 12 heavy (non-hydrogen) atoms. The van der Waals surface area contributed by atoms with E-state index in [4.69, 9.17) is 14.9 Å². The van der Waals surface area contributed by atoms with Crippen LogP contribution in [0.15, 0.2) is 18.2 Å². The highest BCUT2D eigenvalue weighted by Gasteiger charge is 2.22. The maximum Gasteiger partial charge on any atom is 0.157 e. The van der Waals surface area contributed by atoms with E-state index in [1.165, 1.54) is 6.07 Å². The van der Waals surface area contributed by atoms with Crippen LogP contribution in [0.25, 0.3) is 0 Å². The number of ether oxygens (including phenoxy) is 1. The van der Waals surface area contributed by atoms with Gasteiger partial charge in [-0.05, 0) is 17.7 Å². The van der Waals surface area contributed by atoms with Gasteiger partial charge in [-0.25, -0.2) is 0 Å². The van der Waals surface area contributed by atoms with E-state index in [0.717, 1.165) is 18.6 Å². The van der Waals surface area contributed by atoms with Crippen LogP contribution in [-0.4, -0.2) is 22.9 Å². The van der Waals surface area contributed by atoms with Crippen molar-refractivity contribution in [3.05, 3.63) is 23.8 Å². The molecule has 1 aromatic carbocycles. The van der Waals surface area contributed by atoms with Gasteiger partial charge >= 0.3 is 0 Å². The SMILES string of the molecule is Oc1ccc(CC2CO2)cc1O. The van der Waals surface area contributed by atoms with Crippen molar-refractivity contribution in [2.24, 2.45) is 0 Å². The summed E-state index contributed by atoms with van der Waals surface area (Å²) in [4.78, 5) is 0. The normalized spacial score (nSPS) is 20.8. The largest absolute Gasteiger partial charge is 0.504 e. The van der Waals surface area contributed by atoms with Crippen molar-refractivity contribution < 1.29 is 14.9 Å². The van der Waals surface area contributed by atoms with Gasteiger partial charge in [0.2, 0.25) is 0 Å². The topological polar surface area (TPSA) is 53.0 Å². The molecule has 2 rings (SSSR count). The van der Waals surface area contributed by atoms with E-state index < -0.39 is 0 Å². The van der Waals surface area contributed by atoms with Crippen molar-refractivity contribution in [1.29, 1.82) is 0 Å². The molecule has 2 N–H and O–H groups in total. The fourth-order valence-corrected chi connectivity index (χ4v) is 1.14. The fraction of sp³-hybridized carbons (Fsp3) is 0.333. The standard InChI is InChI=1S/C9H10O3/c10-8-2-1-6(4-9(8)11)3-7-5-12-7/h1-2,4,7,10-11H,3,5H2. The lowest BCUT2D eigenvalue weighted by atomic mass is 10.1. The van der Waals surface area contributed by atoms with Gasteiger partial charge in [0.15, 0.2) is 11.5 Å². The molecule has 1 atom stereocenters. The van der Waals surface area contributed by atoms with Crippen molar-refractivity contribution in [3.8, 4) is 11.5 Å². The maximum atomic E-state index is 9.14. The Morgan fingerprint density at radius 3 is 2.67 bits per heavy atom. The zero-order valence-corrected chi connectivity index (χ0v) is 6.53. The molecule has 0 amide bonds. The lowest BCUT2D eigenvalue weighted by Crippen LogP contribution is -1.91. The summed E-state index contributed by atoms with van der Waals surface area (Å²) in [7, 11) is 0. The van der Waals surface area contributed by atoms with Gasteiger partial charge in [-0.15, -0.1) is 0 Å². The average Bonchev–Trinajstić information content (AvgIpc) is 2.81. The van der Waals surface area contributed by atoms with Gasteiger partial charge in [-0.2, -0.15) is 0 Å². The highest BCUT2D eigenvalue weighted by molar-refractivity contribution is 5.40. The van der Waals surface area contributed by atoms with E-state index in [1.807, 2.05) is 0 Å². The van der Waals surface area contributed by atoms with Crippen LogP contribution in [0.5, 0.6) is 11.5 Å². The van der Waals surface area contributed by atoms with Gasteiger partial charge in [0.25, 0.3) is 0 Å². The zero-order chi connectivity index (χ0) is 8.55. The van der Waals surface area contributed by atoms with Crippen molar-refractivity contribution in [3.63, 3.8) is 0 Å². The summed E-state index contributed by atoms with van der Waals surface area (Å²) >= 11 is 0. The average molecular weight is 166 g/mol. The van der Waals surface area contributed by atoms with Gasteiger partial charge in [0, 0.05) is 6.42 Å². The first-order valence-corrected chi connectivity index (χ1v) is 3.88. The summed E-state index contributed by atoms with van der Waals surface area (Å²) in [6, 6.07) is 4.85. The second kappa shape index (κ2) is 2.68. The third-order valence-corrected chi connectivity index (χ3v) is 1.91. The van der Waals surface area contributed by atoms with E-state index in [1.54, 1.807) is 12.1 Å². The minimum absolute atomic E-state index is 0.0619. The van der Waals surface area contributed by atoms with E-state index in [-0.39, 0.29) is 11.5 Å². The molecule has 0 aliphatic carbocycles. The van der Waals surface area contributed by atoms with Crippen LogP contribution in [0.4, 0.5) is 0 Å². The van der Waals surface area contributed by atoms with Crippen molar-refractivity contribution in [1.82, 2.24) is 0 Å². The Balaban J connectivity index is 2.15. The molecule has 3 heteroatoms. The molecule has 1 aromatic rings. The summed E-state index contributed by atoms with van der Waals surface area (Å²) < 4.78 is 5.04. The third kappa shape index (κ3) is 1.51. The molecular formula is C9H10O3. The van der Waals surface area contributed by atoms with Gasteiger partial charge in [0.1, 0.15) is 0 Å². The van der Waals surface area contributed by atoms with Crippen LogP contribution in [0.3, 0.4) is 0 Å². The Kier molecular flexibility index (Phi) is 1.66. The summed E-state index contributed by atoms with van der Waals surface area (Å²) in [5.74, 6) is -0.136. The highest BCUT2D eigenvalue weighted by atomic mass is 16.6. The van der Waals surface area contributed by atoms with Gasteiger partial charge in [-0.1, -0.05) is 6.07 Å². The molecular weight excluding hydrogens is 156 g/mol. The van der Waals surface area contributed by atoms with Crippen LogP contribution >= 0.6 is 0 Å². The van der Waals surface area contributed by atoms with Gasteiger partial charge < -0.3 is 14.9 Å². The second-order valence-electron chi connectivity index (χ2n) is 2.98. The lowest BCUT2D eigenvalue weighted by molar-refractivity contribution is 0.398. The first-order valence-electron chi connectivity index (χ1n) is 3.88. The molecule has 3 nitrogen and oxygen atoms in total. The van der Waals surface area contributed by atoms with Crippen LogP contribution in [0.2, 0.25) is 0 Å². The minimum Gasteiger partial charge on any atom is -0.504 e. The van der Waals surface area contributed by atoms with E-state index in [9.17, 15) is 0 Å². The number of phenols is 2. The quantitative estimate of drug-likeness (QED) is 0.509. The highest BCUT2D eigenvalue weighted by Crippen LogP contribution is 2.26. The smallest absolute Gasteiger partial charge is 0.157 e. The van der Waals surface area contributed by atoms with Crippen molar-refractivity contribution in [2.45, 2.75) is 12.5 Å². The van der Waals surface area contributed by atoms with Crippen molar-refractivity contribution in [2.75, 3.05) is 6.61 Å². The zero-order valence-electron chi connectivity index (χ0n) is 6.53. The van der Waals surface area contributed by atoms with E-state index in [2.05, 4.69) is 0 Å². The molecule has 0 bridgehead atoms. The van der Waals surface area contributed by atoms with Crippen LogP contribution < -0.4 is 0 Å². The molecule has 64 valence electrons. The molecule has 0 radical (unpaired) electrons. The Morgan fingerprint density at radius 2 is 2.08 bits per heavy atom. The number of rotatable bonds is 2. The molecule has 1 saturated heterocycles. The van der Waals surface area contributed by atoms with Crippen molar-refractivity contribution >= 4 is 0 Å². The molecule has 1 fully saturated rings. The van der Waals surface area contributed by atoms with Crippen LogP contribution in [0, 0.1) is 0 Å². The first kappa shape index (κ1) is 7.43. The molecule has 1 unspecified atom stereocenters. The summed E-state index contributed by atoms with van der Waals surface area (Å²) in [6.07, 6.45) is 1.13. The predicted molar refractivity (Wildman–Crippen MR) is 43.2 cm³/mol. The number of phenolic OH excluding ortho intramolecular Hbond substituents is 2. The molecule has 1 heterocycles. The second-order valence-corrected chi connectivity index (χ2v) is 2.98. The summed E-state index contributed by atoms with van der Waals surface area (Å²) in [5, 5.41) is 18.2. The Morgan fingerprint density at radius 1 is 1.33 bits per heavy atom. The van der Waals surface area contributed by atoms with Crippen LogP contribution in [0.1, 0.15) is 5.56 Å². The molecule has 0 aromatic heterocycles. The number of benzene rings is 1.